The van der Waals surface area contributed by atoms with Crippen LogP contribution in [0.2, 0.25) is 0 Å². The van der Waals surface area contributed by atoms with Crippen molar-refractivity contribution in [1.29, 1.82) is 0 Å². The highest BCUT2D eigenvalue weighted by atomic mass is 19.1. The predicted molar refractivity (Wildman–Crippen MR) is 92.7 cm³/mol. The Morgan fingerprint density at radius 1 is 1.20 bits per heavy atom. The van der Waals surface area contributed by atoms with E-state index in [4.69, 9.17) is 4.74 Å². The van der Waals surface area contributed by atoms with Crippen molar-refractivity contribution in [1.82, 2.24) is 9.80 Å². The number of hydrogen-bond donors (Lipinski definition) is 1. The van der Waals surface area contributed by atoms with E-state index >= 15 is 0 Å². The summed E-state index contributed by atoms with van der Waals surface area (Å²) in [6, 6.07) is 6.56. The molecule has 1 aromatic carbocycles. The number of carbonyl (C=O) groups is 1. The van der Waals surface area contributed by atoms with Crippen molar-refractivity contribution in [3.63, 3.8) is 0 Å². The van der Waals surface area contributed by atoms with Crippen LogP contribution in [0.1, 0.15) is 24.8 Å². The van der Waals surface area contributed by atoms with Crippen LogP contribution in [0.5, 0.6) is 0 Å². The van der Waals surface area contributed by atoms with Crippen molar-refractivity contribution >= 4 is 5.91 Å². The maximum atomic E-state index is 14.0. The molecule has 2 heterocycles. The molecule has 2 aliphatic heterocycles. The van der Waals surface area contributed by atoms with Crippen LogP contribution < -0.4 is 0 Å². The molecular weight excluding hydrogens is 323 g/mol. The molecule has 1 N–H and O–H groups in total. The number of carbonyl (C=O) groups excluding carboxylic acids is 1. The fourth-order valence-electron chi connectivity index (χ4n) is 3.74. The van der Waals surface area contributed by atoms with Crippen molar-refractivity contribution in [2.75, 3.05) is 45.9 Å². The minimum Gasteiger partial charge on any atom is -0.393 e. The number of aliphatic hydroxyl groups excluding tert-OH is 1. The van der Waals surface area contributed by atoms with Crippen LogP contribution in [0.25, 0.3) is 0 Å². The van der Waals surface area contributed by atoms with Crippen LogP contribution in [0.4, 0.5) is 4.39 Å². The van der Waals surface area contributed by atoms with Crippen molar-refractivity contribution in [3.05, 3.63) is 35.6 Å². The standard InChI is InChI=1S/C19H27FN2O3/c20-17-7-3-2-6-16(17)12-19(15-23)14-21(10-11-25-19)13-18(24)22-8-4-1-5-9-22/h2-3,6-7,23H,1,4-5,8-15H2. The lowest BCUT2D eigenvalue weighted by Gasteiger charge is -2.42. The van der Waals surface area contributed by atoms with Crippen molar-refractivity contribution < 1.29 is 19.0 Å². The van der Waals surface area contributed by atoms with Crippen LogP contribution in [0.15, 0.2) is 24.3 Å². The van der Waals surface area contributed by atoms with Crippen LogP contribution in [0.3, 0.4) is 0 Å². The zero-order valence-electron chi connectivity index (χ0n) is 14.6. The third kappa shape index (κ3) is 4.57. The van der Waals surface area contributed by atoms with Gasteiger partial charge in [0.15, 0.2) is 0 Å². The second-order valence-electron chi connectivity index (χ2n) is 7.11. The smallest absolute Gasteiger partial charge is 0.236 e. The van der Waals surface area contributed by atoms with E-state index in [9.17, 15) is 14.3 Å². The number of morpholine rings is 1. The quantitative estimate of drug-likeness (QED) is 0.873. The summed E-state index contributed by atoms with van der Waals surface area (Å²) >= 11 is 0. The summed E-state index contributed by atoms with van der Waals surface area (Å²) in [5, 5.41) is 9.92. The fraction of sp³-hybridized carbons (Fsp3) is 0.632. The van der Waals surface area contributed by atoms with E-state index in [1.807, 2.05) is 9.80 Å². The van der Waals surface area contributed by atoms with E-state index in [0.29, 0.717) is 38.2 Å². The first-order valence-electron chi connectivity index (χ1n) is 9.10. The van der Waals surface area contributed by atoms with Crippen LogP contribution in [-0.4, -0.2) is 72.4 Å². The number of piperidine rings is 1. The first-order valence-corrected chi connectivity index (χ1v) is 9.10. The lowest BCUT2D eigenvalue weighted by molar-refractivity contribution is -0.147. The van der Waals surface area contributed by atoms with Gasteiger partial charge in [-0.2, -0.15) is 0 Å². The molecule has 2 aliphatic rings. The van der Waals surface area contributed by atoms with Gasteiger partial charge in [-0.3, -0.25) is 9.69 Å². The molecule has 1 atom stereocenters. The molecule has 1 unspecified atom stereocenters. The second-order valence-corrected chi connectivity index (χ2v) is 7.11. The number of aliphatic hydroxyl groups is 1. The Morgan fingerprint density at radius 3 is 2.68 bits per heavy atom. The van der Waals surface area contributed by atoms with E-state index in [0.717, 1.165) is 25.9 Å². The minimum absolute atomic E-state index is 0.138. The molecule has 138 valence electrons. The Labute approximate surface area is 148 Å². The van der Waals surface area contributed by atoms with Crippen molar-refractivity contribution in [2.24, 2.45) is 0 Å². The zero-order valence-corrected chi connectivity index (χ0v) is 14.6. The predicted octanol–water partition coefficient (Wildman–Crippen LogP) is 1.44. The average molecular weight is 350 g/mol. The molecule has 3 rings (SSSR count). The van der Waals surface area contributed by atoms with Gasteiger partial charge in [-0.05, 0) is 30.9 Å². The maximum Gasteiger partial charge on any atom is 0.236 e. The zero-order chi connectivity index (χ0) is 17.7. The van der Waals surface area contributed by atoms with E-state index in [1.54, 1.807) is 18.2 Å². The Morgan fingerprint density at radius 2 is 1.96 bits per heavy atom. The van der Waals surface area contributed by atoms with Gasteiger partial charge in [0.05, 0.1) is 19.8 Å². The first-order chi connectivity index (χ1) is 12.1. The third-order valence-electron chi connectivity index (χ3n) is 5.15. The van der Waals surface area contributed by atoms with E-state index in [-0.39, 0.29) is 18.3 Å². The van der Waals surface area contributed by atoms with Crippen molar-refractivity contribution in [2.45, 2.75) is 31.3 Å². The molecule has 0 radical (unpaired) electrons. The third-order valence-corrected chi connectivity index (χ3v) is 5.15. The molecule has 1 aromatic rings. The van der Waals surface area contributed by atoms with E-state index < -0.39 is 5.60 Å². The highest BCUT2D eigenvalue weighted by Crippen LogP contribution is 2.24. The number of halogens is 1. The highest BCUT2D eigenvalue weighted by molar-refractivity contribution is 5.78. The van der Waals surface area contributed by atoms with E-state index in [2.05, 4.69) is 0 Å². The monoisotopic (exact) mass is 350 g/mol. The molecule has 0 bridgehead atoms. The molecule has 0 aliphatic carbocycles. The van der Waals surface area contributed by atoms with Crippen LogP contribution >= 0.6 is 0 Å². The Balaban J connectivity index is 1.63. The summed E-state index contributed by atoms with van der Waals surface area (Å²) in [4.78, 5) is 16.5. The van der Waals surface area contributed by atoms with Gasteiger partial charge < -0.3 is 14.7 Å². The van der Waals surface area contributed by atoms with Crippen LogP contribution in [0, 0.1) is 5.82 Å². The molecule has 6 heteroatoms. The second kappa shape index (κ2) is 8.25. The lowest BCUT2D eigenvalue weighted by Crippen LogP contribution is -2.57. The molecule has 0 saturated carbocycles. The minimum atomic E-state index is -0.859. The summed E-state index contributed by atoms with van der Waals surface area (Å²) < 4.78 is 19.8. The number of hydrogen-bond acceptors (Lipinski definition) is 4. The van der Waals surface area contributed by atoms with Gasteiger partial charge in [0.25, 0.3) is 0 Å². The number of amides is 1. The molecule has 0 spiro atoms. The highest BCUT2D eigenvalue weighted by Gasteiger charge is 2.38. The molecule has 25 heavy (non-hydrogen) atoms. The Hall–Kier alpha value is -1.50. The SMILES string of the molecule is O=C(CN1CCOC(CO)(Cc2ccccc2F)C1)N1CCCCC1. The molecule has 0 aromatic heterocycles. The Bertz CT molecular complexity index is 592. The van der Waals surface area contributed by atoms with Gasteiger partial charge in [0.2, 0.25) is 5.91 Å². The molecule has 1 amide bonds. The van der Waals surface area contributed by atoms with Gasteiger partial charge >= 0.3 is 0 Å². The van der Waals surface area contributed by atoms with E-state index in [1.165, 1.54) is 12.5 Å². The summed E-state index contributed by atoms with van der Waals surface area (Å²) in [5.41, 5.74) is -0.330. The number of ether oxygens (including phenoxy) is 1. The summed E-state index contributed by atoms with van der Waals surface area (Å²) in [6.07, 6.45) is 3.63. The van der Waals surface area contributed by atoms with Gasteiger partial charge in [0.1, 0.15) is 11.4 Å². The maximum absolute atomic E-state index is 14.0. The number of likely N-dealkylation sites (tertiary alicyclic amines) is 1. The summed E-state index contributed by atoms with van der Waals surface area (Å²) in [5.74, 6) is -0.153. The van der Waals surface area contributed by atoms with Gasteiger partial charge in [-0.1, -0.05) is 18.2 Å². The van der Waals surface area contributed by atoms with Gasteiger partial charge in [0, 0.05) is 32.6 Å². The average Bonchev–Trinajstić information content (AvgIpc) is 2.65. The molecule has 2 fully saturated rings. The van der Waals surface area contributed by atoms with Gasteiger partial charge in [-0.25, -0.2) is 4.39 Å². The summed E-state index contributed by atoms with van der Waals surface area (Å²) in [7, 11) is 0. The molecule has 5 nitrogen and oxygen atoms in total. The summed E-state index contributed by atoms with van der Waals surface area (Å²) in [6.45, 7) is 3.32. The first kappa shape index (κ1) is 18.3. The lowest BCUT2D eigenvalue weighted by atomic mass is 9.92. The fourth-order valence-corrected chi connectivity index (χ4v) is 3.74. The van der Waals surface area contributed by atoms with Crippen LogP contribution in [-0.2, 0) is 16.0 Å². The van der Waals surface area contributed by atoms with Gasteiger partial charge in [-0.15, -0.1) is 0 Å². The normalized spacial score (nSPS) is 25.1. The molecule has 2 saturated heterocycles. The van der Waals surface area contributed by atoms with Crippen molar-refractivity contribution in [3.8, 4) is 0 Å². The Kier molecular flexibility index (Phi) is 6.04. The number of benzene rings is 1. The topological polar surface area (TPSA) is 53.0 Å². The molecular formula is C19H27FN2O3. The number of rotatable bonds is 5. The largest absolute Gasteiger partial charge is 0.393 e. The number of nitrogens with zero attached hydrogens (tertiary/aromatic N) is 2.